The number of unbranched alkanes of at least 4 members (excludes halogenated alkanes) is 39. The molecule has 0 aromatic rings. The molecule has 0 heterocycles. The highest BCUT2D eigenvalue weighted by Gasteiger charge is 2.19. The van der Waals surface area contributed by atoms with Crippen LogP contribution in [-0.4, -0.2) is 37.2 Å². The Hall–Kier alpha value is -2.11. The first-order valence-electron chi connectivity index (χ1n) is 29.3. The summed E-state index contributed by atoms with van der Waals surface area (Å²) in [6, 6.07) is 0. The number of ether oxygens (including phenoxy) is 3. The van der Waals surface area contributed by atoms with E-state index in [9.17, 15) is 14.4 Å². The standard InChI is InChI=1S/C60H112O6/c1-4-7-10-13-16-19-22-25-27-28-29-30-31-33-35-38-41-44-47-50-53-59(62)65-56-57(55-64-58(61)52-49-46-43-40-37-34-24-21-18-15-12-9-6-3)66-60(63)54-51-48-45-42-39-36-32-26-23-20-17-14-11-8-5-2/h12,15,21,24,57H,4-11,13-14,16-20,22-23,25-56H2,1-3H3/b15-12-,24-21-. The molecule has 388 valence electrons. The Balaban J connectivity index is 4.28. The number of carbonyl (C=O) groups excluding carboxylic acids is 3. The Morgan fingerprint density at radius 3 is 0.894 bits per heavy atom. The zero-order valence-electron chi connectivity index (χ0n) is 44.5. The van der Waals surface area contributed by atoms with Crippen LogP contribution in [0, 0.1) is 0 Å². The van der Waals surface area contributed by atoms with E-state index in [-0.39, 0.29) is 31.1 Å². The van der Waals surface area contributed by atoms with E-state index in [1.165, 1.54) is 199 Å². The minimum atomic E-state index is -0.771. The predicted molar refractivity (Wildman–Crippen MR) is 284 cm³/mol. The lowest BCUT2D eigenvalue weighted by atomic mass is 10.0. The summed E-state index contributed by atoms with van der Waals surface area (Å²) in [5.41, 5.74) is 0. The third-order valence-electron chi connectivity index (χ3n) is 13.2. The van der Waals surface area contributed by atoms with Gasteiger partial charge in [-0.05, 0) is 44.9 Å². The Labute approximate surface area is 411 Å². The highest BCUT2D eigenvalue weighted by atomic mass is 16.6. The fourth-order valence-corrected chi connectivity index (χ4v) is 8.78. The zero-order chi connectivity index (χ0) is 47.9. The first-order chi connectivity index (χ1) is 32.5. The molecule has 0 aliphatic rings. The van der Waals surface area contributed by atoms with Crippen LogP contribution in [0.25, 0.3) is 0 Å². The molecule has 1 unspecified atom stereocenters. The van der Waals surface area contributed by atoms with Crippen LogP contribution in [0.4, 0.5) is 0 Å². The largest absolute Gasteiger partial charge is 0.462 e. The van der Waals surface area contributed by atoms with Gasteiger partial charge in [0.1, 0.15) is 13.2 Å². The number of rotatable bonds is 54. The van der Waals surface area contributed by atoms with Gasteiger partial charge in [0.05, 0.1) is 0 Å². The number of hydrogen-bond donors (Lipinski definition) is 0. The molecule has 0 fully saturated rings. The molecule has 0 N–H and O–H groups in total. The van der Waals surface area contributed by atoms with Gasteiger partial charge in [0, 0.05) is 19.3 Å². The lowest BCUT2D eigenvalue weighted by Crippen LogP contribution is -2.30. The van der Waals surface area contributed by atoms with Crippen LogP contribution in [0.3, 0.4) is 0 Å². The lowest BCUT2D eigenvalue weighted by Gasteiger charge is -2.18. The van der Waals surface area contributed by atoms with Crippen molar-refractivity contribution in [2.75, 3.05) is 13.2 Å². The molecule has 6 heteroatoms. The molecule has 0 bridgehead atoms. The quantitative estimate of drug-likeness (QED) is 0.0262. The Morgan fingerprint density at radius 2 is 0.576 bits per heavy atom. The summed E-state index contributed by atoms with van der Waals surface area (Å²) in [5.74, 6) is -0.863. The van der Waals surface area contributed by atoms with E-state index in [4.69, 9.17) is 14.2 Å². The summed E-state index contributed by atoms with van der Waals surface area (Å²) in [6.45, 7) is 6.62. The number of carbonyl (C=O) groups is 3. The highest BCUT2D eigenvalue weighted by Crippen LogP contribution is 2.17. The monoisotopic (exact) mass is 929 g/mol. The van der Waals surface area contributed by atoms with E-state index in [2.05, 4.69) is 45.1 Å². The van der Waals surface area contributed by atoms with Gasteiger partial charge in [-0.3, -0.25) is 14.4 Å². The summed E-state index contributed by atoms with van der Waals surface area (Å²) in [7, 11) is 0. The summed E-state index contributed by atoms with van der Waals surface area (Å²) in [6.07, 6.45) is 64.6. The molecule has 0 saturated carbocycles. The molecule has 0 aliphatic carbocycles. The lowest BCUT2D eigenvalue weighted by molar-refractivity contribution is -0.167. The van der Waals surface area contributed by atoms with Crippen molar-refractivity contribution < 1.29 is 28.6 Å². The Morgan fingerprint density at radius 1 is 0.303 bits per heavy atom. The molecule has 0 rings (SSSR count). The minimum absolute atomic E-state index is 0.0701. The van der Waals surface area contributed by atoms with Crippen LogP contribution in [0.15, 0.2) is 24.3 Å². The molecular formula is C60H112O6. The molecule has 0 amide bonds. The summed E-state index contributed by atoms with van der Waals surface area (Å²) in [5, 5.41) is 0. The third kappa shape index (κ3) is 52.9. The second kappa shape index (κ2) is 55.5. The molecule has 0 radical (unpaired) electrons. The van der Waals surface area contributed by atoms with Crippen LogP contribution in [0.5, 0.6) is 0 Å². The average Bonchev–Trinajstić information content (AvgIpc) is 3.31. The van der Waals surface area contributed by atoms with Crippen molar-refractivity contribution in [2.24, 2.45) is 0 Å². The topological polar surface area (TPSA) is 78.9 Å². The van der Waals surface area contributed by atoms with Crippen molar-refractivity contribution in [2.45, 2.75) is 329 Å². The van der Waals surface area contributed by atoms with Crippen molar-refractivity contribution in [3.05, 3.63) is 24.3 Å². The van der Waals surface area contributed by atoms with Crippen LogP contribution >= 0.6 is 0 Å². The van der Waals surface area contributed by atoms with Gasteiger partial charge in [-0.2, -0.15) is 0 Å². The van der Waals surface area contributed by atoms with Gasteiger partial charge in [0.25, 0.3) is 0 Å². The molecular weight excluding hydrogens is 817 g/mol. The van der Waals surface area contributed by atoms with Gasteiger partial charge in [-0.15, -0.1) is 0 Å². The fraction of sp³-hybridized carbons (Fsp3) is 0.883. The van der Waals surface area contributed by atoms with Gasteiger partial charge >= 0.3 is 17.9 Å². The molecule has 66 heavy (non-hydrogen) atoms. The minimum Gasteiger partial charge on any atom is -0.462 e. The smallest absolute Gasteiger partial charge is 0.306 e. The van der Waals surface area contributed by atoms with Gasteiger partial charge < -0.3 is 14.2 Å². The fourth-order valence-electron chi connectivity index (χ4n) is 8.78. The van der Waals surface area contributed by atoms with Gasteiger partial charge in [-0.1, -0.05) is 283 Å². The second-order valence-corrected chi connectivity index (χ2v) is 19.9. The second-order valence-electron chi connectivity index (χ2n) is 19.9. The first-order valence-corrected chi connectivity index (χ1v) is 29.3. The van der Waals surface area contributed by atoms with Crippen molar-refractivity contribution in [3.63, 3.8) is 0 Å². The predicted octanol–water partition coefficient (Wildman–Crippen LogP) is 19.5. The maximum atomic E-state index is 12.8. The van der Waals surface area contributed by atoms with E-state index in [0.29, 0.717) is 19.3 Å². The van der Waals surface area contributed by atoms with E-state index in [1.54, 1.807) is 0 Å². The molecule has 0 aromatic heterocycles. The summed E-state index contributed by atoms with van der Waals surface area (Å²) >= 11 is 0. The van der Waals surface area contributed by atoms with Crippen LogP contribution in [0.1, 0.15) is 323 Å². The van der Waals surface area contributed by atoms with Crippen LogP contribution < -0.4 is 0 Å². The van der Waals surface area contributed by atoms with E-state index in [0.717, 1.165) is 83.5 Å². The zero-order valence-corrected chi connectivity index (χ0v) is 44.5. The molecule has 0 aromatic carbocycles. The molecule has 6 nitrogen and oxygen atoms in total. The van der Waals surface area contributed by atoms with Crippen molar-refractivity contribution >= 4 is 17.9 Å². The number of allylic oxidation sites excluding steroid dienone is 4. The SMILES string of the molecule is CCC/C=C\C/C=C\CCCCCCCC(=O)OCC(COC(=O)CCCCCCCCCCCCCCCCCCCCCC)OC(=O)CCCCCCCCCCCCCCCCC. The van der Waals surface area contributed by atoms with E-state index < -0.39 is 6.10 Å². The van der Waals surface area contributed by atoms with Gasteiger partial charge in [0.15, 0.2) is 6.10 Å². The first kappa shape index (κ1) is 63.9. The normalized spacial score (nSPS) is 12.1. The molecule has 1 atom stereocenters. The molecule has 0 aliphatic heterocycles. The van der Waals surface area contributed by atoms with Crippen LogP contribution in [0.2, 0.25) is 0 Å². The molecule has 0 saturated heterocycles. The van der Waals surface area contributed by atoms with Crippen molar-refractivity contribution in [1.29, 1.82) is 0 Å². The average molecular weight is 930 g/mol. The van der Waals surface area contributed by atoms with Gasteiger partial charge in [0.2, 0.25) is 0 Å². The van der Waals surface area contributed by atoms with Crippen molar-refractivity contribution in [3.8, 4) is 0 Å². The summed E-state index contributed by atoms with van der Waals surface area (Å²) in [4.78, 5) is 38.1. The van der Waals surface area contributed by atoms with E-state index in [1.807, 2.05) is 0 Å². The van der Waals surface area contributed by atoms with Gasteiger partial charge in [-0.25, -0.2) is 0 Å². The Kier molecular flexibility index (Phi) is 53.7. The van der Waals surface area contributed by atoms with Crippen molar-refractivity contribution in [1.82, 2.24) is 0 Å². The Bertz CT molecular complexity index is 1070. The third-order valence-corrected chi connectivity index (χ3v) is 13.2. The maximum absolute atomic E-state index is 12.8. The number of hydrogen-bond acceptors (Lipinski definition) is 6. The summed E-state index contributed by atoms with van der Waals surface area (Å²) < 4.78 is 16.9. The number of esters is 3. The highest BCUT2D eigenvalue weighted by molar-refractivity contribution is 5.71. The maximum Gasteiger partial charge on any atom is 0.306 e. The van der Waals surface area contributed by atoms with Crippen LogP contribution in [-0.2, 0) is 28.6 Å². The van der Waals surface area contributed by atoms with E-state index >= 15 is 0 Å². The molecule has 0 spiro atoms.